The highest BCUT2D eigenvalue weighted by Crippen LogP contribution is 2.28. The van der Waals surface area contributed by atoms with Gasteiger partial charge in [-0.15, -0.1) is 0 Å². The summed E-state index contributed by atoms with van der Waals surface area (Å²) in [5.41, 5.74) is 6.22. The topological polar surface area (TPSA) is 49.8 Å². The SMILES string of the molecule is N#Cc1ccc(Br)c(C(F)CCN)c1. The summed E-state index contributed by atoms with van der Waals surface area (Å²) in [6.07, 6.45) is -0.837. The molecule has 1 unspecified atom stereocenters. The maximum Gasteiger partial charge on any atom is 0.127 e. The lowest BCUT2D eigenvalue weighted by Gasteiger charge is -2.09. The van der Waals surface area contributed by atoms with Gasteiger partial charge in [-0.25, -0.2) is 4.39 Å². The van der Waals surface area contributed by atoms with Gasteiger partial charge in [0, 0.05) is 10.0 Å². The summed E-state index contributed by atoms with van der Waals surface area (Å²) in [5, 5.41) is 8.65. The Morgan fingerprint density at radius 3 is 2.86 bits per heavy atom. The van der Waals surface area contributed by atoms with Gasteiger partial charge in [-0.1, -0.05) is 15.9 Å². The van der Waals surface area contributed by atoms with Crippen LogP contribution in [0.5, 0.6) is 0 Å². The maximum atomic E-state index is 13.5. The Balaban J connectivity index is 3.01. The third-order valence-electron chi connectivity index (χ3n) is 1.88. The van der Waals surface area contributed by atoms with E-state index >= 15 is 0 Å². The Morgan fingerprint density at radius 1 is 1.57 bits per heavy atom. The van der Waals surface area contributed by atoms with Crippen molar-refractivity contribution < 1.29 is 4.39 Å². The lowest BCUT2D eigenvalue weighted by atomic mass is 10.1. The van der Waals surface area contributed by atoms with E-state index in [0.717, 1.165) is 0 Å². The number of nitriles is 1. The first-order chi connectivity index (χ1) is 6.69. The Morgan fingerprint density at radius 2 is 2.29 bits per heavy atom. The first kappa shape index (κ1) is 11.2. The minimum atomic E-state index is -1.11. The zero-order chi connectivity index (χ0) is 10.6. The predicted molar refractivity (Wildman–Crippen MR) is 56.4 cm³/mol. The smallest absolute Gasteiger partial charge is 0.127 e. The fourth-order valence-electron chi connectivity index (χ4n) is 1.16. The van der Waals surface area contributed by atoms with E-state index in [9.17, 15) is 4.39 Å². The monoisotopic (exact) mass is 256 g/mol. The van der Waals surface area contributed by atoms with Crippen molar-refractivity contribution in [1.82, 2.24) is 0 Å². The minimum absolute atomic E-state index is 0.271. The van der Waals surface area contributed by atoms with Crippen LogP contribution in [0.2, 0.25) is 0 Å². The van der Waals surface area contributed by atoms with Crippen LogP contribution >= 0.6 is 15.9 Å². The number of benzene rings is 1. The average molecular weight is 257 g/mol. The second-order valence-corrected chi connectivity index (χ2v) is 3.75. The molecular weight excluding hydrogens is 247 g/mol. The Labute approximate surface area is 90.7 Å². The number of rotatable bonds is 3. The molecule has 0 aromatic heterocycles. The van der Waals surface area contributed by atoms with E-state index in [1.807, 2.05) is 6.07 Å². The molecule has 1 aromatic carbocycles. The molecule has 0 aliphatic rings. The van der Waals surface area contributed by atoms with Crippen molar-refractivity contribution in [2.45, 2.75) is 12.6 Å². The van der Waals surface area contributed by atoms with Crippen molar-refractivity contribution >= 4 is 15.9 Å². The van der Waals surface area contributed by atoms with Crippen LogP contribution in [0.1, 0.15) is 23.7 Å². The summed E-state index contributed by atoms with van der Waals surface area (Å²) in [5.74, 6) is 0. The largest absolute Gasteiger partial charge is 0.330 e. The second kappa shape index (κ2) is 5.08. The molecule has 2 nitrogen and oxygen atoms in total. The van der Waals surface area contributed by atoms with E-state index in [1.54, 1.807) is 18.2 Å². The van der Waals surface area contributed by atoms with Gasteiger partial charge in [0.2, 0.25) is 0 Å². The third kappa shape index (κ3) is 2.53. The van der Waals surface area contributed by atoms with E-state index in [2.05, 4.69) is 15.9 Å². The second-order valence-electron chi connectivity index (χ2n) is 2.89. The summed E-state index contributed by atoms with van der Waals surface area (Å²) in [6.45, 7) is 0.296. The zero-order valence-corrected chi connectivity index (χ0v) is 9.09. The van der Waals surface area contributed by atoms with Gasteiger partial charge in [-0.3, -0.25) is 0 Å². The lowest BCUT2D eigenvalue weighted by Crippen LogP contribution is -2.04. The van der Waals surface area contributed by atoms with E-state index < -0.39 is 6.17 Å². The molecule has 0 spiro atoms. The van der Waals surface area contributed by atoms with Gasteiger partial charge >= 0.3 is 0 Å². The van der Waals surface area contributed by atoms with Gasteiger partial charge in [0.05, 0.1) is 11.6 Å². The summed E-state index contributed by atoms with van der Waals surface area (Å²) in [4.78, 5) is 0. The van der Waals surface area contributed by atoms with Crippen LogP contribution in [0.3, 0.4) is 0 Å². The van der Waals surface area contributed by atoms with Crippen molar-refractivity contribution in [1.29, 1.82) is 5.26 Å². The number of hydrogen-bond donors (Lipinski definition) is 1. The first-order valence-electron chi connectivity index (χ1n) is 4.22. The molecule has 2 N–H and O–H groups in total. The number of alkyl halides is 1. The van der Waals surface area contributed by atoms with E-state index in [-0.39, 0.29) is 6.42 Å². The molecule has 0 aliphatic carbocycles. The Hall–Kier alpha value is -0.920. The highest BCUT2D eigenvalue weighted by atomic mass is 79.9. The van der Waals surface area contributed by atoms with E-state index in [1.165, 1.54) is 0 Å². The van der Waals surface area contributed by atoms with Crippen molar-refractivity contribution in [3.05, 3.63) is 33.8 Å². The molecule has 1 rings (SSSR count). The van der Waals surface area contributed by atoms with E-state index in [0.29, 0.717) is 22.1 Å². The fourth-order valence-corrected chi connectivity index (χ4v) is 1.65. The molecule has 74 valence electrons. The molecule has 14 heavy (non-hydrogen) atoms. The Kier molecular flexibility index (Phi) is 4.05. The maximum absolute atomic E-state index is 13.5. The third-order valence-corrected chi connectivity index (χ3v) is 2.60. The molecule has 0 aliphatic heterocycles. The van der Waals surface area contributed by atoms with Gasteiger partial charge in [0.25, 0.3) is 0 Å². The standard InChI is InChI=1S/C10H10BrFN2/c11-9-2-1-7(6-14)5-8(9)10(12)3-4-13/h1-2,5,10H,3-4,13H2. The highest BCUT2D eigenvalue weighted by Gasteiger charge is 2.12. The zero-order valence-electron chi connectivity index (χ0n) is 7.50. The van der Waals surface area contributed by atoms with Crippen molar-refractivity contribution in [3.63, 3.8) is 0 Å². The summed E-state index contributed by atoms with van der Waals surface area (Å²) in [7, 11) is 0. The molecule has 0 saturated carbocycles. The number of nitrogens with zero attached hydrogens (tertiary/aromatic N) is 1. The van der Waals surface area contributed by atoms with Crippen LogP contribution in [0.25, 0.3) is 0 Å². The molecule has 0 amide bonds. The predicted octanol–water partition coefficient (Wildman–Crippen LogP) is 2.68. The van der Waals surface area contributed by atoms with Gasteiger partial charge in [-0.05, 0) is 31.2 Å². The number of halogens is 2. The molecule has 4 heteroatoms. The average Bonchev–Trinajstić information content (AvgIpc) is 2.19. The Bertz CT molecular complexity index is 360. The molecule has 1 aromatic rings. The quantitative estimate of drug-likeness (QED) is 0.904. The van der Waals surface area contributed by atoms with Crippen molar-refractivity contribution in [2.75, 3.05) is 6.54 Å². The van der Waals surface area contributed by atoms with Crippen LogP contribution in [0.4, 0.5) is 4.39 Å². The number of hydrogen-bond acceptors (Lipinski definition) is 2. The van der Waals surface area contributed by atoms with Gasteiger partial charge in [0.15, 0.2) is 0 Å². The van der Waals surface area contributed by atoms with Crippen LogP contribution in [0, 0.1) is 11.3 Å². The summed E-state index contributed by atoms with van der Waals surface area (Å²) < 4.78 is 14.2. The normalized spacial score (nSPS) is 12.1. The van der Waals surface area contributed by atoms with E-state index in [4.69, 9.17) is 11.0 Å². The summed E-state index contributed by atoms with van der Waals surface area (Å²) >= 11 is 3.24. The lowest BCUT2D eigenvalue weighted by molar-refractivity contribution is 0.326. The van der Waals surface area contributed by atoms with Gasteiger partial charge in [-0.2, -0.15) is 5.26 Å². The van der Waals surface area contributed by atoms with Crippen LogP contribution in [-0.2, 0) is 0 Å². The number of nitrogens with two attached hydrogens (primary N) is 1. The molecule has 0 fully saturated rings. The minimum Gasteiger partial charge on any atom is -0.330 e. The molecule has 0 radical (unpaired) electrons. The van der Waals surface area contributed by atoms with Gasteiger partial charge in [0.1, 0.15) is 6.17 Å². The summed E-state index contributed by atoms with van der Waals surface area (Å²) in [6, 6.07) is 6.84. The molecule has 1 atom stereocenters. The van der Waals surface area contributed by atoms with Crippen LogP contribution < -0.4 is 5.73 Å². The van der Waals surface area contributed by atoms with Crippen molar-refractivity contribution in [2.24, 2.45) is 5.73 Å². The molecule has 0 bridgehead atoms. The van der Waals surface area contributed by atoms with Crippen LogP contribution in [-0.4, -0.2) is 6.54 Å². The van der Waals surface area contributed by atoms with Gasteiger partial charge < -0.3 is 5.73 Å². The first-order valence-corrected chi connectivity index (χ1v) is 5.02. The van der Waals surface area contributed by atoms with Crippen LogP contribution in [0.15, 0.2) is 22.7 Å². The molecular formula is C10H10BrFN2. The van der Waals surface area contributed by atoms with Crippen molar-refractivity contribution in [3.8, 4) is 6.07 Å². The fraction of sp³-hybridized carbons (Fsp3) is 0.300. The molecule has 0 saturated heterocycles. The highest BCUT2D eigenvalue weighted by molar-refractivity contribution is 9.10. The molecule has 0 heterocycles.